The van der Waals surface area contributed by atoms with E-state index >= 15 is 0 Å². The maximum Gasteiger partial charge on any atom is 0.243 e. The third kappa shape index (κ3) is 4.64. The molecule has 2 saturated heterocycles. The van der Waals surface area contributed by atoms with Gasteiger partial charge in [0.15, 0.2) is 0 Å². The van der Waals surface area contributed by atoms with E-state index in [0.29, 0.717) is 37.2 Å². The zero-order chi connectivity index (χ0) is 18.7. The molecule has 2 fully saturated rings. The summed E-state index contributed by atoms with van der Waals surface area (Å²) in [4.78, 5) is 14.8. The van der Waals surface area contributed by atoms with Crippen LogP contribution in [0.4, 0.5) is 5.69 Å². The largest absolute Gasteiger partial charge is 0.325 e. The molecule has 0 spiro atoms. The van der Waals surface area contributed by atoms with E-state index in [2.05, 4.69) is 24.1 Å². The number of hydrogen-bond donors (Lipinski definition) is 1. The van der Waals surface area contributed by atoms with E-state index in [1.54, 1.807) is 24.3 Å². The minimum Gasteiger partial charge on any atom is -0.325 e. The molecule has 0 aliphatic carbocycles. The molecule has 6 nitrogen and oxygen atoms in total. The van der Waals surface area contributed by atoms with Crippen molar-refractivity contribution in [2.75, 3.05) is 38.0 Å². The van der Waals surface area contributed by atoms with Gasteiger partial charge in [-0.3, -0.25) is 9.69 Å². The highest BCUT2D eigenvalue weighted by molar-refractivity contribution is 7.89. The Labute approximate surface area is 156 Å². The predicted molar refractivity (Wildman–Crippen MR) is 102 cm³/mol. The summed E-state index contributed by atoms with van der Waals surface area (Å²) >= 11 is 0. The van der Waals surface area contributed by atoms with Crippen molar-refractivity contribution in [3.63, 3.8) is 0 Å². The van der Waals surface area contributed by atoms with E-state index in [9.17, 15) is 13.2 Å². The second-order valence-corrected chi connectivity index (χ2v) is 9.76. The Morgan fingerprint density at radius 3 is 2.23 bits per heavy atom. The Hall–Kier alpha value is -1.44. The molecule has 1 aromatic rings. The fraction of sp³-hybridized carbons (Fsp3) is 0.632. The highest BCUT2D eigenvalue weighted by Crippen LogP contribution is 2.23. The Kier molecular flexibility index (Phi) is 5.99. The molecule has 144 valence electrons. The van der Waals surface area contributed by atoms with Gasteiger partial charge in [0.25, 0.3) is 0 Å². The summed E-state index contributed by atoms with van der Waals surface area (Å²) in [5.41, 5.74) is 0.633. The number of carbonyl (C=O) groups is 1. The lowest BCUT2D eigenvalue weighted by Gasteiger charge is -2.34. The maximum absolute atomic E-state index is 12.5. The van der Waals surface area contributed by atoms with E-state index in [1.165, 1.54) is 10.7 Å². The number of rotatable bonds is 5. The van der Waals surface area contributed by atoms with Crippen LogP contribution >= 0.6 is 0 Å². The van der Waals surface area contributed by atoms with Crippen molar-refractivity contribution in [3.8, 4) is 0 Å². The van der Waals surface area contributed by atoms with Crippen LogP contribution in [-0.2, 0) is 14.8 Å². The van der Waals surface area contributed by atoms with Crippen molar-refractivity contribution in [1.29, 1.82) is 0 Å². The first-order valence-electron chi connectivity index (χ1n) is 9.47. The molecule has 0 saturated carbocycles. The lowest BCUT2D eigenvalue weighted by Crippen LogP contribution is -2.42. The number of anilines is 1. The number of benzene rings is 1. The van der Waals surface area contributed by atoms with Crippen molar-refractivity contribution in [2.45, 2.75) is 38.0 Å². The Bertz CT molecular complexity index is 717. The number of nitrogens with zero attached hydrogens (tertiary/aromatic N) is 2. The van der Waals surface area contributed by atoms with Crippen molar-refractivity contribution >= 4 is 21.6 Å². The summed E-state index contributed by atoms with van der Waals surface area (Å²) in [6.07, 6.45) is 3.05. The van der Waals surface area contributed by atoms with Crippen molar-refractivity contribution < 1.29 is 13.2 Å². The number of hydrogen-bond acceptors (Lipinski definition) is 4. The molecule has 2 aliphatic rings. The molecule has 0 aromatic heterocycles. The predicted octanol–water partition coefficient (Wildman–Crippen LogP) is 2.39. The number of amides is 1. The van der Waals surface area contributed by atoms with Crippen LogP contribution in [0.5, 0.6) is 0 Å². The van der Waals surface area contributed by atoms with Gasteiger partial charge in [0.1, 0.15) is 0 Å². The van der Waals surface area contributed by atoms with Gasteiger partial charge < -0.3 is 5.32 Å². The Balaban J connectivity index is 1.58. The van der Waals surface area contributed by atoms with Crippen molar-refractivity contribution in [2.24, 2.45) is 11.8 Å². The van der Waals surface area contributed by atoms with Gasteiger partial charge in [-0.25, -0.2) is 8.42 Å². The molecular weight excluding hydrogens is 350 g/mol. The van der Waals surface area contributed by atoms with Gasteiger partial charge in [0, 0.05) is 31.9 Å². The summed E-state index contributed by atoms with van der Waals surface area (Å²) in [6, 6.07) is 6.49. The van der Waals surface area contributed by atoms with Gasteiger partial charge in [-0.2, -0.15) is 4.31 Å². The second-order valence-electron chi connectivity index (χ2n) is 7.82. The zero-order valence-corrected chi connectivity index (χ0v) is 16.5. The third-order valence-corrected chi connectivity index (χ3v) is 7.07. The molecule has 2 heterocycles. The molecular formula is C19H29N3O3S. The van der Waals surface area contributed by atoms with Crippen LogP contribution in [0.25, 0.3) is 0 Å². The quantitative estimate of drug-likeness (QED) is 0.853. The van der Waals surface area contributed by atoms with Crippen LogP contribution in [0, 0.1) is 11.8 Å². The van der Waals surface area contributed by atoms with Gasteiger partial charge in [0.2, 0.25) is 15.9 Å². The Morgan fingerprint density at radius 2 is 1.65 bits per heavy atom. The first kappa shape index (κ1) is 19.3. The molecule has 3 rings (SSSR count). The molecule has 1 aromatic carbocycles. The third-order valence-electron chi connectivity index (χ3n) is 5.15. The van der Waals surface area contributed by atoms with Crippen LogP contribution in [0.15, 0.2) is 29.2 Å². The van der Waals surface area contributed by atoms with Crippen molar-refractivity contribution in [3.05, 3.63) is 24.3 Å². The zero-order valence-electron chi connectivity index (χ0n) is 15.6. The number of nitrogens with one attached hydrogen (secondary N) is 1. The van der Waals surface area contributed by atoms with Gasteiger partial charge in [-0.15, -0.1) is 0 Å². The molecule has 1 amide bonds. The molecule has 26 heavy (non-hydrogen) atoms. The van der Waals surface area contributed by atoms with Crippen LogP contribution in [-0.4, -0.2) is 56.3 Å². The van der Waals surface area contributed by atoms with Crippen LogP contribution < -0.4 is 5.32 Å². The van der Waals surface area contributed by atoms with Crippen LogP contribution in [0.1, 0.15) is 33.1 Å². The second kappa shape index (κ2) is 8.06. The normalized spacial score (nSPS) is 25.3. The summed E-state index contributed by atoms with van der Waals surface area (Å²) in [6.45, 7) is 7.90. The maximum atomic E-state index is 12.5. The number of piperidine rings is 1. The lowest BCUT2D eigenvalue weighted by molar-refractivity contribution is -0.117. The van der Waals surface area contributed by atoms with Crippen molar-refractivity contribution in [1.82, 2.24) is 9.21 Å². The number of likely N-dealkylation sites (tertiary alicyclic amines) is 1. The minimum absolute atomic E-state index is 0.0542. The minimum atomic E-state index is -3.41. The first-order chi connectivity index (χ1) is 12.3. The van der Waals surface area contributed by atoms with E-state index in [1.807, 2.05) is 0 Å². The molecule has 0 bridgehead atoms. The highest BCUT2D eigenvalue weighted by atomic mass is 32.2. The number of sulfonamides is 1. The monoisotopic (exact) mass is 379 g/mol. The smallest absolute Gasteiger partial charge is 0.243 e. The average molecular weight is 380 g/mol. The van der Waals surface area contributed by atoms with E-state index in [4.69, 9.17) is 0 Å². The topological polar surface area (TPSA) is 69.7 Å². The van der Waals surface area contributed by atoms with E-state index < -0.39 is 10.0 Å². The molecule has 2 atom stereocenters. The molecule has 1 N–H and O–H groups in total. The average Bonchev–Trinajstić information content (AvgIpc) is 3.09. The first-order valence-corrected chi connectivity index (χ1v) is 10.9. The summed E-state index contributed by atoms with van der Waals surface area (Å²) in [7, 11) is -3.41. The van der Waals surface area contributed by atoms with Crippen LogP contribution in [0.3, 0.4) is 0 Å². The highest BCUT2D eigenvalue weighted by Gasteiger charge is 2.27. The van der Waals surface area contributed by atoms with E-state index in [0.717, 1.165) is 25.9 Å². The summed E-state index contributed by atoms with van der Waals surface area (Å²) in [5, 5.41) is 2.88. The molecule has 7 heteroatoms. The molecule has 0 radical (unpaired) electrons. The SMILES string of the molecule is C[C@@H]1C[C@H](C)CN(CC(=O)Nc2ccc(S(=O)(=O)N3CCCC3)cc2)C1. The van der Waals surface area contributed by atoms with E-state index in [-0.39, 0.29) is 10.8 Å². The summed E-state index contributed by atoms with van der Waals surface area (Å²) in [5.74, 6) is 1.17. The van der Waals surface area contributed by atoms with Gasteiger partial charge in [-0.05, 0) is 55.4 Å². The van der Waals surface area contributed by atoms with Gasteiger partial charge in [0.05, 0.1) is 11.4 Å². The standard InChI is InChI=1S/C19H29N3O3S/c1-15-11-16(2)13-21(12-15)14-19(23)20-17-5-7-18(8-6-17)26(24,25)22-9-3-4-10-22/h5-8,15-16H,3-4,9-14H2,1-2H3,(H,20,23)/t15-,16+. The lowest BCUT2D eigenvalue weighted by atomic mass is 9.92. The van der Waals surface area contributed by atoms with Gasteiger partial charge in [-0.1, -0.05) is 13.8 Å². The summed E-state index contributed by atoms with van der Waals surface area (Å²) < 4.78 is 26.6. The fourth-order valence-corrected chi connectivity index (χ4v) is 5.63. The van der Waals surface area contributed by atoms with Gasteiger partial charge >= 0.3 is 0 Å². The fourth-order valence-electron chi connectivity index (χ4n) is 4.11. The molecule has 2 aliphatic heterocycles. The van der Waals surface area contributed by atoms with Crippen LogP contribution in [0.2, 0.25) is 0 Å². The molecule has 0 unspecified atom stereocenters. The Morgan fingerprint density at radius 1 is 1.08 bits per heavy atom. The number of carbonyl (C=O) groups excluding carboxylic acids is 1.